The van der Waals surface area contributed by atoms with Crippen LogP contribution in [-0.2, 0) is 31.9 Å². The third kappa shape index (κ3) is 4.08. The summed E-state index contributed by atoms with van der Waals surface area (Å²) < 4.78 is 25.4. The molecule has 2 rings (SSSR count). The average Bonchev–Trinajstić information content (AvgIpc) is 3.04. The molecule has 2 heterocycles. The van der Waals surface area contributed by atoms with Gasteiger partial charge in [0.25, 0.3) is 0 Å². The number of hydrogen-bond donors (Lipinski definition) is 2. The van der Waals surface area contributed by atoms with Crippen LogP contribution in [-0.4, -0.2) is 46.6 Å². The predicted octanol–water partition coefficient (Wildman–Crippen LogP) is 1.13. The Bertz CT molecular complexity index is 818. The number of hydrogen-bond acceptors (Lipinski definition) is 5. The molecule has 0 radical (unpaired) electrons. The standard InChI is InChI=1S/C17H28N4O4S/c1-16(2,3)12-9-13(21(6)20-12)19-15(23)17(4,5)26(24,25)10-11-7-8-14(22)18-11/h9,11H,7-8,10H2,1-6H3,(H,18,22)(H,19,23). The summed E-state index contributed by atoms with van der Waals surface area (Å²) in [7, 11) is -2.08. The van der Waals surface area contributed by atoms with Crippen LogP contribution in [0.4, 0.5) is 5.82 Å². The van der Waals surface area contributed by atoms with Crippen LogP contribution in [0.1, 0.15) is 53.2 Å². The molecule has 26 heavy (non-hydrogen) atoms. The van der Waals surface area contributed by atoms with Crippen molar-refractivity contribution < 1.29 is 18.0 Å². The Balaban J connectivity index is 2.17. The Kier molecular flexibility index (Phi) is 5.24. The molecule has 0 aliphatic carbocycles. The van der Waals surface area contributed by atoms with Crippen molar-refractivity contribution in [1.29, 1.82) is 0 Å². The largest absolute Gasteiger partial charge is 0.352 e. The molecule has 1 saturated heterocycles. The van der Waals surface area contributed by atoms with Crippen molar-refractivity contribution in [2.75, 3.05) is 11.1 Å². The highest BCUT2D eigenvalue weighted by Crippen LogP contribution is 2.26. The van der Waals surface area contributed by atoms with E-state index in [-0.39, 0.29) is 17.1 Å². The third-order valence-corrected chi connectivity index (χ3v) is 7.30. The Morgan fingerprint density at radius 2 is 1.96 bits per heavy atom. The fourth-order valence-corrected chi connectivity index (χ4v) is 4.16. The third-order valence-electron chi connectivity index (χ3n) is 4.72. The maximum absolute atomic E-state index is 12.8. The molecule has 9 heteroatoms. The Hall–Kier alpha value is -1.90. The van der Waals surface area contributed by atoms with Crippen molar-refractivity contribution >= 4 is 27.5 Å². The summed E-state index contributed by atoms with van der Waals surface area (Å²) in [4.78, 5) is 24.0. The minimum Gasteiger partial charge on any atom is -0.352 e. The summed E-state index contributed by atoms with van der Waals surface area (Å²) in [5.41, 5.74) is 0.604. The van der Waals surface area contributed by atoms with Crippen LogP contribution >= 0.6 is 0 Å². The number of anilines is 1. The van der Waals surface area contributed by atoms with Gasteiger partial charge in [-0.15, -0.1) is 0 Å². The van der Waals surface area contributed by atoms with Crippen LogP contribution in [0, 0.1) is 0 Å². The zero-order chi connectivity index (χ0) is 19.9. The quantitative estimate of drug-likeness (QED) is 0.791. The first-order chi connectivity index (χ1) is 11.7. The van der Waals surface area contributed by atoms with E-state index >= 15 is 0 Å². The molecule has 1 aromatic heterocycles. The number of carbonyl (C=O) groups excluding carboxylic acids is 2. The number of sulfone groups is 1. The van der Waals surface area contributed by atoms with E-state index in [1.165, 1.54) is 18.5 Å². The van der Waals surface area contributed by atoms with Gasteiger partial charge in [0.1, 0.15) is 10.6 Å². The molecule has 0 aromatic carbocycles. The highest BCUT2D eigenvalue weighted by molar-refractivity contribution is 7.93. The van der Waals surface area contributed by atoms with Crippen LogP contribution in [0.5, 0.6) is 0 Å². The molecule has 1 atom stereocenters. The zero-order valence-electron chi connectivity index (χ0n) is 16.2. The molecule has 1 aliphatic rings. The Labute approximate surface area is 154 Å². The SMILES string of the molecule is Cn1nc(C(C)(C)C)cc1NC(=O)C(C)(C)S(=O)(=O)CC1CCC(=O)N1. The van der Waals surface area contributed by atoms with Gasteiger partial charge in [0.2, 0.25) is 11.8 Å². The maximum Gasteiger partial charge on any atom is 0.246 e. The van der Waals surface area contributed by atoms with Gasteiger partial charge in [0.05, 0.1) is 11.4 Å². The van der Waals surface area contributed by atoms with Crippen LogP contribution in [0.15, 0.2) is 6.07 Å². The molecule has 2 amide bonds. The first kappa shape index (κ1) is 20.4. The van der Waals surface area contributed by atoms with Crippen molar-refractivity contribution in [2.45, 2.75) is 63.7 Å². The van der Waals surface area contributed by atoms with Gasteiger partial charge in [-0.25, -0.2) is 8.42 Å². The highest BCUT2D eigenvalue weighted by atomic mass is 32.2. The van der Waals surface area contributed by atoms with Crippen molar-refractivity contribution in [3.05, 3.63) is 11.8 Å². The molecular weight excluding hydrogens is 356 g/mol. The molecule has 0 bridgehead atoms. The van der Waals surface area contributed by atoms with E-state index in [1.807, 2.05) is 20.8 Å². The van der Waals surface area contributed by atoms with Gasteiger partial charge < -0.3 is 10.6 Å². The molecule has 1 aromatic rings. The zero-order valence-corrected chi connectivity index (χ0v) is 17.0. The lowest BCUT2D eigenvalue weighted by molar-refractivity contribution is -0.119. The van der Waals surface area contributed by atoms with E-state index < -0.39 is 26.5 Å². The number of aryl methyl sites for hydroxylation is 1. The van der Waals surface area contributed by atoms with Crippen LogP contribution in [0.2, 0.25) is 0 Å². The van der Waals surface area contributed by atoms with Gasteiger partial charge >= 0.3 is 0 Å². The minimum atomic E-state index is -3.78. The molecular formula is C17H28N4O4S. The smallest absolute Gasteiger partial charge is 0.246 e. The fraction of sp³-hybridized carbons (Fsp3) is 0.706. The fourth-order valence-electron chi connectivity index (χ4n) is 2.63. The summed E-state index contributed by atoms with van der Waals surface area (Å²) in [5, 5.41) is 9.69. The predicted molar refractivity (Wildman–Crippen MR) is 99.6 cm³/mol. The lowest BCUT2D eigenvalue weighted by Crippen LogP contribution is -2.48. The monoisotopic (exact) mass is 384 g/mol. The van der Waals surface area contributed by atoms with Crippen molar-refractivity contribution in [1.82, 2.24) is 15.1 Å². The van der Waals surface area contributed by atoms with Crippen molar-refractivity contribution in [2.24, 2.45) is 7.05 Å². The van der Waals surface area contributed by atoms with Crippen LogP contribution in [0.25, 0.3) is 0 Å². The van der Waals surface area contributed by atoms with Gasteiger partial charge in [0.15, 0.2) is 9.84 Å². The maximum atomic E-state index is 12.8. The summed E-state index contributed by atoms with van der Waals surface area (Å²) in [6.45, 7) is 8.78. The van der Waals surface area contributed by atoms with Crippen molar-refractivity contribution in [3.8, 4) is 0 Å². The molecule has 0 spiro atoms. The van der Waals surface area contributed by atoms with E-state index in [1.54, 1.807) is 13.1 Å². The molecule has 0 saturated carbocycles. The van der Waals surface area contributed by atoms with Crippen LogP contribution in [0.3, 0.4) is 0 Å². The number of rotatable bonds is 5. The van der Waals surface area contributed by atoms with Gasteiger partial charge in [-0.2, -0.15) is 5.10 Å². The Morgan fingerprint density at radius 1 is 1.35 bits per heavy atom. The van der Waals surface area contributed by atoms with Gasteiger partial charge in [-0.1, -0.05) is 20.8 Å². The summed E-state index contributed by atoms with van der Waals surface area (Å²) >= 11 is 0. The molecule has 1 fully saturated rings. The first-order valence-corrected chi connectivity index (χ1v) is 10.3. The van der Waals surface area contributed by atoms with E-state index in [0.29, 0.717) is 18.7 Å². The van der Waals surface area contributed by atoms with Gasteiger partial charge in [0, 0.05) is 31.0 Å². The number of amides is 2. The summed E-state index contributed by atoms with van der Waals surface area (Å²) in [6, 6.07) is 1.31. The lowest BCUT2D eigenvalue weighted by atomic mass is 9.92. The second-order valence-electron chi connectivity index (χ2n) is 8.34. The van der Waals surface area contributed by atoms with E-state index in [4.69, 9.17) is 0 Å². The number of nitrogens with zero attached hydrogens (tertiary/aromatic N) is 2. The van der Waals surface area contributed by atoms with E-state index in [2.05, 4.69) is 15.7 Å². The number of carbonyl (C=O) groups is 2. The molecule has 146 valence electrons. The molecule has 1 unspecified atom stereocenters. The second-order valence-corrected chi connectivity index (χ2v) is 10.9. The minimum absolute atomic E-state index is 0.156. The Morgan fingerprint density at radius 3 is 2.42 bits per heavy atom. The van der Waals surface area contributed by atoms with E-state index in [0.717, 1.165) is 5.69 Å². The first-order valence-electron chi connectivity index (χ1n) is 8.61. The van der Waals surface area contributed by atoms with E-state index in [9.17, 15) is 18.0 Å². The average molecular weight is 385 g/mol. The number of aromatic nitrogens is 2. The normalized spacial score (nSPS) is 18.7. The van der Waals surface area contributed by atoms with Gasteiger partial charge in [-0.05, 0) is 20.3 Å². The number of nitrogens with one attached hydrogen (secondary N) is 2. The van der Waals surface area contributed by atoms with Crippen molar-refractivity contribution in [3.63, 3.8) is 0 Å². The molecule has 1 aliphatic heterocycles. The van der Waals surface area contributed by atoms with Crippen LogP contribution < -0.4 is 10.6 Å². The lowest BCUT2D eigenvalue weighted by Gasteiger charge is -2.25. The molecule has 2 N–H and O–H groups in total. The highest BCUT2D eigenvalue weighted by Gasteiger charge is 2.44. The topological polar surface area (TPSA) is 110 Å². The second kappa shape index (κ2) is 6.68. The molecule has 8 nitrogen and oxygen atoms in total. The summed E-state index contributed by atoms with van der Waals surface area (Å²) in [6.07, 6.45) is 0.782. The summed E-state index contributed by atoms with van der Waals surface area (Å²) in [5.74, 6) is -0.586. The van der Waals surface area contributed by atoms with Gasteiger partial charge in [-0.3, -0.25) is 14.3 Å².